The molecular formula is C12H17BrOS. The molecule has 1 nitrogen and oxygen atoms in total. The molecule has 0 amide bonds. The molecule has 1 aromatic rings. The Morgan fingerprint density at radius 1 is 1.27 bits per heavy atom. The van der Waals surface area contributed by atoms with Gasteiger partial charge in [0.2, 0.25) is 0 Å². The minimum Gasteiger partial charge on any atom is -0.260 e. The SMILES string of the molecule is Cc1cc(CCCS(C)=O)cc(C)c1Br. The van der Waals surface area contributed by atoms with Gasteiger partial charge in [0.15, 0.2) is 0 Å². The Bertz CT molecular complexity index is 351. The van der Waals surface area contributed by atoms with Crippen LogP contribution in [0.15, 0.2) is 16.6 Å². The summed E-state index contributed by atoms with van der Waals surface area (Å²) in [5, 5.41) is 0. The lowest BCUT2D eigenvalue weighted by molar-refractivity contribution is 0.684. The second kappa shape index (κ2) is 5.80. The lowest BCUT2D eigenvalue weighted by Gasteiger charge is -2.07. The standard InChI is InChI=1S/C12H17BrOS/c1-9-7-11(5-4-6-15(3)14)8-10(2)12(9)13/h7-8H,4-6H2,1-3H3. The van der Waals surface area contributed by atoms with E-state index in [0.29, 0.717) is 0 Å². The van der Waals surface area contributed by atoms with E-state index in [9.17, 15) is 4.21 Å². The lowest BCUT2D eigenvalue weighted by Crippen LogP contribution is -1.97. The van der Waals surface area contributed by atoms with Crippen LogP contribution >= 0.6 is 15.9 Å². The van der Waals surface area contributed by atoms with E-state index in [0.717, 1.165) is 18.6 Å². The van der Waals surface area contributed by atoms with Gasteiger partial charge in [0.1, 0.15) is 0 Å². The third-order valence-corrected chi connectivity index (χ3v) is 4.51. The van der Waals surface area contributed by atoms with Crippen LogP contribution in [0.1, 0.15) is 23.1 Å². The Balaban J connectivity index is 2.66. The lowest BCUT2D eigenvalue weighted by atomic mass is 10.0. The third kappa shape index (κ3) is 4.07. The summed E-state index contributed by atoms with van der Waals surface area (Å²) in [5.41, 5.74) is 3.91. The van der Waals surface area contributed by atoms with E-state index in [-0.39, 0.29) is 0 Å². The highest BCUT2D eigenvalue weighted by Gasteiger charge is 2.02. The molecule has 1 unspecified atom stereocenters. The van der Waals surface area contributed by atoms with Crippen LogP contribution in [0.2, 0.25) is 0 Å². The van der Waals surface area contributed by atoms with E-state index in [1.807, 2.05) is 0 Å². The van der Waals surface area contributed by atoms with Crippen LogP contribution in [-0.2, 0) is 17.2 Å². The number of hydrogen-bond donors (Lipinski definition) is 0. The van der Waals surface area contributed by atoms with Crippen molar-refractivity contribution in [2.24, 2.45) is 0 Å². The molecule has 0 aromatic heterocycles. The molecular weight excluding hydrogens is 272 g/mol. The van der Waals surface area contributed by atoms with E-state index < -0.39 is 10.8 Å². The Hall–Kier alpha value is -0.150. The van der Waals surface area contributed by atoms with Crippen LogP contribution in [0.4, 0.5) is 0 Å². The highest BCUT2D eigenvalue weighted by Crippen LogP contribution is 2.23. The largest absolute Gasteiger partial charge is 0.260 e. The van der Waals surface area contributed by atoms with Gasteiger partial charge in [-0.3, -0.25) is 4.21 Å². The van der Waals surface area contributed by atoms with Crippen molar-refractivity contribution in [1.29, 1.82) is 0 Å². The van der Waals surface area contributed by atoms with Crippen molar-refractivity contribution in [2.75, 3.05) is 12.0 Å². The molecule has 0 saturated carbocycles. The zero-order chi connectivity index (χ0) is 11.4. The molecule has 15 heavy (non-hydrogen) atoms. The minimum absolute atomic E-state index is 0.664. The highest BCUT2D eigenvalue weighted by molar-refractivity contribution is 9.10. The van der Waals surface area contributed by atoms with Crippen LogP contribution in [0.5, 0.6) is 0 Å². The molecule has 0 aliphatic carbocycles. The van der Waals surface area contributed by atoms with Gasteiger partial charge in [-0.15, -0.1) is 0 Å². The molecule has 1 rings (SSSR count). The zero-order valence-corrected chi connectivity index (χ0v) is 11.9. The van der Waals surface area contributed by atoms with Gasteiger partial charge < -0.3 is 0 Å². The molecule has 1 atom stereocenters. The van der Waals surface area contributed by atoms with Gasteiger partial charge >= 0.3 is 0 Å². The first kappa shape index (κ1) is 12.9. The molecule has 1 aromatic carbocycles. The van der Waals surface area contributed by atoms with E-state index in [1.165, 1.54) is 21.2 Å². The van der Waals surface area contributed by atoms with Gasteiger partial charge in [0, 0.05) is 27.3 Å². The topological polar surface area (TPSA) is 17.1 Å². The average molecular weight is 289 g/mol. The zero-order valence-electron chi connectivity index (χ0n) is 9.47. The molecule has 0 bridgehead atoms. The van der Waals surface area contributed by atoms with E-state index >= 15 is 0 Å². The van der Waals surface area contributed by atoms with E-state index in [2.05, 4.69) is 41.9 Å². The summed E-state index contributed by atoms with van der Waals surface area (Å²) in [6.45, 7) is 4.22. The van der Waals surface area contributed by atoms with Gasteiger partial charge in [-0.2, -0.15) is 0 Å². The van der Waals surface area contributed by atoms with Crippen molar-refractivity contribution >= 4 is 26.7 Å². The van der Waals surface area contributed by atoms with Crippen molar-refractivity contribution in [3.8, 4) is 0 Å². The predicted octanol–water partition coefficient (Wildman–Crippen LogP) is 3.38. The van der Waals surface area contributed by atoms with Crippen LogP contribution in [-0.4, -0.2) is 16.2 Å². The number of benzene rings is 1. The van der Waals surface area contributed by atoms with Gasteiger partial charge in [-0.25, -0.2) is 0 Å². The summed E-state index contributed by atoms with van der Waals surface area (Å²) >= 11 is 3.56. The maximum Gasteiger partial charge on any atom is 0.0235 e. The van der Waals surface area contributed by atoms with Crippen molar-refractivity contribution in [2.45, 2.75) is 26.7 Å². The highest BCUT2D eigenvalue weighted by atomic mass is 79.9. The summed E-state index contributed by atoms with van der Waals surface area (Å²) in [4.78, 5) is 0. The fourth-order valence-corrected chi connectivity index (χ4v) is 2.44. The molecule has 3 heteroatoms. The summed E-state index contributed by atoms with van der Waals surface area (Å²) in [6.07, 6.45) is 3.79. The monoisotopic (exact) mass is 288 g/mol. The van der Waals surface area contributed by atoms with Crippen molar-refractivity contribution < 1.29 is 4.21 Å². The number of hydrogen-bond acceptors (Lipinski definition) is 1. The molecule has 84 valence electrons. The predicted molar refractivity (Wildman–Crippen MR) is 70.9 cm³/mol. The van der Waals surface area contributed by atoms with E-state index in [4.69, 9.17) is 0 Å². The molecule has 0 radical (unpaired) electrons. The molecule has 0 N–H and O–H groups in total. The quantitative estimate of drug-likeness (QED) is 0.830. The van der Waals surface area contributed by atoms with Gasteiger partial charge in [0.05, 0.1) is 0 Å². The summed E-state index contributed by atoms with van der Waals surface area (Å²) < 4.78 is 12.1. The second-order valence-corrected chi connectivity index (χ2v) is 6.27. The Labute approximate surface area is 103 Å². The van der Waals surface area contributed by atoms with Crippen LogP contribution in [0.25, 0.3) is 0 Å². The first-order chi connectivity index (χ1) is 7.00. The van der Waals surface area contributed by atoms with Crippen molar-refractivity contribution in [3.05, 3.63) is 33.3 Å². The van der Waals surface area contributed by atoms with Gasteiger partial charge in [-0.05, 0) is 43.4 Å². The third-order valence-electron chi connectivity index (χ3n) is 2.39. The fourth-order valence-electron chi connectivity index (χ4n) is 1.66. The fraction of sp³-hybridized carbons (Fsp3) is 0.500. The first-order valence-electron chi connectivity index (χ1n) is 5.06. The Kier molecular flexibility index (Phi) is 5.00. The van der Waals surface area contributed by atoms with Gasteiger partial charge in [-0.1, -0.05) is 28.1 Å². The summed E-state index contributed by atoms with van der Waals surface area (Å²) in [7, 11) is -0.664. The molecule has 0 aliphatic heterocycles. The average Bonchev–Trinajstić information content (AvgIpc) is 2.13. The number of halogens is 1. The van der Waals surface area contributed by atoms with Crippen LogP contribution in [0.3, 0.4) is 0 Å². The molecule has 0 saturated heterocycles. The minimum atomic E-state index is -0.664. The van der Waals surface area contributed by atoms with Crippen LogP contribution in [0, 0.1) is 13.8 Å². The van der Waals surface area contributed by atoms with Gasteiger partial charge in [0.25, 0.3) is 0 Å². The molecule has 0 aliphatic rings. The smallest absolute Gasteiger partial charge is 0.0235 e. The molecule has 0 spiro atoms. The Morgan fingerprint density at radius 3 is 2.27 bits per heavy atom. The number of aryl methyl sites for hydroxylation is 3. The summed E-state index contributed by atoms with van der Waals surface area (Å²) in [6, 6.07) is 4.41. The maximum atomic E-state index is 10.9. The van der Waals surface area contributed by atoms with Crippen molar-refractivity contribution in [1.82, 2.24) is 0 Å². The second-order valence-electron chi connectivity index (χ2n) is 3.92. The summed E-state index contributed by atoms with van der Waals surface area (Å²) in [5.74, 6) is 0.800. The van der Waals surface area contributed by atoms with E-state index in [1.54, 1.807) is 6.26 Å². The molecule has 0 heterocycles. The van der Waals surface area contributed by atoms with Crippen LogP contribution < -0.4 is 0 Å². The molecule has 0 fully saturated rings. The maximum absolute atomic E-state index is 10.9. The normalized spacial score (nSPS) is 12.8. The first-order valence-corrected chi connectivity index (χ1v) is 7.58. The van der Waals surface area contributed by atoms with Crippen molar-refractivity contribution in [3.63, 3.8) is 0 Å². The Morgan fingerprint density at radius 2 is 1.80 bits per heavy atom. The number of rotatable bonds is 4.